The molecule has 5 aromatic rings. The maximum atomic E-state index is 14.9. The lowest BCUT2D eigenvalue weighted by Crippen LogP contribution is -2.18. The smallest absolute Gasteiger partial charge is 0.413 e. The van der Waals surface area contributed by atoms with Crippen LogP contribution in [0, 0.1) is 12.7 Å². The molecule has 0 fully saturated rings. The number of thiophene rings is 2. The molecule has 0 aliphatic carbocycles. The number of aromatic nitrogens is 2. The van der Waals surface area contributed by atoms with E-state index in [0.717, 1.165) is 35.8 Å². The van der Waals surface area contributed by atoms with Gasteiger partial charge in [-0.2, -0.15) is 5.10 Å². The molecule has 0 aliphatic rings. The Labute approximate surface area is 226 Å². The van der Waals surface area contributed by atoms with Crippen molar-refractivity contribution >= 4 is 50.0 Å². The Morgan fingerprint density at radius 3 is 2.39 bits per heavy atom. The molecule has 1 unspecified atom stereocenters. The van der Waals surface area contributed by atoms with Gasteiger partial charge >= 0.3 is 12.1 Å². The fraction of sp³-hybridized carbons (Fsp3) is 0.179. The minimum absolute atomic E-state index is 0.216. The van der Waals surface area contributed by atoms with Crippen LogP contribution in [0.5, 0.6) is 0 Å². The second-order valence-corrected chi connectivity index (χ2v) is 11.1. The number of benzene rings is 2. The van der Waals surface area contributed by atoms with Crippen LogP contribution in [0.2, 0.25) is 0 Å². The Morgan fingerprint density at radius 1 is 1.08 bits per heavy atom. The molecule has 2 aromatic carbocycles. The molecule has 3 heterocycles. The first-order chi connectivity index (χ1) is 18.2. The molecular formula is C28H24FN3O4S2. The zero-order chi connectivity index (χ0) is 27.0. The summed E-state index contributed by atoms with van der Waals surface area (Å²) in [6, 6.07) is 16.4. The Kier molecular flexibility index (Phi) is 7.00. The summed E-state index contributed by atoms with van der Waals surface area (Å²) in [7, 11) is 1.74. The maximum Gasteiger partial charge on any atom is 0.413 e. The minimum atomic E-state index is -0.993. The van der Waals surface area contributed by atoms with Crippen LogP contribution in [0.1, 0.15) is 29.7 Å². The highest BCUT2D eigenvalue weighted by Gasteiger charge is 2.20. The number of amides is 1. The van der Waals surface area contributed by atoms with Gasteiger partial charge in [-0.1, -0.05) is 30.3 Å². The predicted octanol–water partition coefficient (Wildman–Crippen LogP) is 7.41. The average molecular weight is 550 g/mol. The third-order valence-electron chi connectivity index (χ3n) is 6.22. The third kappa shape index (κ3) is 5.18. The van der Waals surface area contributed by atoms with Crippen LogP contribution < -0.4 is 5.32 Å². The Morgan fingerprint density at radius 2 is 1.74 bits per heavy atom. The van der Waals surface area contributed by atoms with Crippen molar-refractivity contribution in [3.8, 4) is 20.9 Å². The Bertz CT molecular complexity index is 1620. The van der Waals surface area contributed by atoms with Gasteiger partial charge in [0.05, 0.1) is 18.2 Å². The minimum Gasteiger partial charge on any atom is -0.481 e. The van der Waals surface area contributed by atoms with E-state index in [-0.39, 0.29) is 6.42 Å². The molecule has 1 amide bonds. The highest BCUT2D eigenvalue weighted by molar-refractivity contribution is 7.31. The number of aliphatic carboxylic acids is 1. The number of hydrogen-bond donors (Lipinski definition) is 2. The van der Waals surface area contributed by atoms with E-state index in [0.29, 0.717) is 16.9 Å². The highest BCUT2D eigenvalue weighted by atomic mass is 32.1. The van der Waals surface area contributed by atoms with E-state index in [9.17, 15) is 14.0 Å². The van der Waals surface area contributed by atoms with Crippen LogP contribution in [-0.4, -0.2) is 26.9 Å². The number of aryl methyl sites for hydroxylation is 2. The second kappa shape index (κ2) is 10.4. The molecule has 3 aromatic heterocycles. The SMILES string of the molecule is Cc1cc(-c2cc3sc(-c4cnn(C)c4NC(=O)OC(C)c4ccccc4)cc3s2)c(F)cc1CC(=O)O. The molecule has 2 N–H and O–H groups in total. The lowest BCUT2D eigenvalue weighted by atomic mass is 10.0. The van der Waals surface area contributed by atoms with Crippen LogP contribution in [0.4, 0.5) is 15.0 Å². The summed E-state index contributed by atoms with van der Waals surface area (Å²) in [5.41, 5.74) is 3.30. The maximum absolute atomic E-state index is 14.9. The molecule has 0 radical (unpaired) electrons. The summed E-state index contributed by atoms with van der Waals surface area (Å²) in [5.74, 6) is -0.921. The molecule has 1 atom stereocenters. The number of rotatable bonds is 7. The van der Waals surface area contributed by atoms with Gasteiger partial charge < -0.3 is 9.84 Å². The lowest BCUT2D eigenvalue weighted by molar-refractivity contribution is -0.136. The molecule has 0 bridgehead atoms. The van der Waals surface area contributed by atoms with E-state index in [4.69, 9.17) is 9.84 Å². The standard InChI is InChI=1S/C28H24FN3O4S2/c1-15-9-19(21(29)10-18(15)11-26(33)34)22-12-24-25(37-22)13-23(38-24)20-14-30-32(3)27(20)31-28(35)36-16(2)17-7-5-4-6-8-17/h4-10,12-14,16H,11H2,1-3H3,(H,31,35)(H,33,34). The van der Waals surface area contributed by atoms with Gasteiger partial charge in [0.15, 0.2) is 0 Å². The lowest BCUT2D eigenvalue weighted by Gasteiger charge is -2.14. The quantitative estimate of drug-likeness (QED) is 0.220. The first-order valence-corrected chi connectivity index (χ1v) is 13.4. The van der Waals surface area contributed by atoms with E-state index in [1.54, 1.807) is 30.9 Å². The molecule has 0 spiro atoms. The van der Waals surface area contributed by atoms with Gasteiger partial charge in [-0.15, -0.1) is 22.7 Å². The normalized spacial score (nSPS) is 12.0. The van der Waals surface area contributed by atoms with Crippen LogP contribution in [0.3, 0.4) is 0 Å². The van der Waals surface area contributed by atoms with Crippen LogP contribution in [0.15, 0.2) is 60.8 Å². The van der Waals surface area contributed by atoms with Gasteiger partial charge in [0, 0.05) is 31.8 Å². The van der Waals surface area contributed by atoms with E-state index in [2.05, 4.69) is 10.4 Å². The van der Waals surface area contributed by atoms with Crippen molar-refractivity contribution in [2.75, 3.05) is 5.32 Å². The summed E-state index contributed by atoms with van der Waals surface area (Å²) in [6.07, 6.45) is 0.479. The number of carboxylic acids is 1. The van der Waals surface area contributed by atoms with Crippen molar-refractivity contribution in [2.24, 2.45) is 7.05 Å². The monoisotopic (exact) mass is 549 g/mol. The Hall–Kier alpha value is -4.02. The van der Waals surface area contributed by atoms with Gasteiger partial charge in [0.2, 0.25) is 0 Å². The van der Waals surface area contributed by atoms with Crippen molar-refractivity contribution in [3.05, 3.63) is 83.3 Å². The van der Waals surface area contributed by atoms with Crippen LogP contribution in [-0.2, 0) is 23.0 Å². The van der Waals surface area contributed by atoms with E-state index < -0.39 is 24.0 Å². The van der Waals surface area contributed by atoms with Gasteiger partial charge in [-0.3, -0.25) is 14.8 Å². The van der Waals surface area contributed by atoms with Crippen molar-refractivity contribution in [1.82, 2.24) is 9.78 Å². The molecule has 10 heteroatoms. The molecule has 194 valence electrons. The van der Waals surface area contributed by atoms with Crippen LogP contribution in [0.25, 0.3) is 30.3 Å². The van der Waals surface area contributed by atoms with E-state index in [1.807, 2.05) is 49.4 Å². The zero-order valence-corrected chi connectivity index (χ0v) is 22.5. The first kappa shape index (κ1) is 25.6. The molecule has 38 heavy (non-hydrogen) atoms. The summed E-state index contributed by atoms with van der Waals surface area (Å²) in [4.78, 5) is 25.4. The van der Waals surface area contributed by atoms with Gasteiger partial charge in [-0.25, -0.2) is 9.18 Å². The molecule has 0 saturated heterocycles. The van der Waals surface area contributed by atoms with E-state index >= 15 is 0 Å². The molecule has 7 nitrogen and oxygen atoms in total. The average Bonchev–Trinajstić information content (AvgIpc) is 3.55. The number of carbonyl (C=O) groups excluding carboxylic acids is 1. The summed E-state index contributed by atoms with van der Waals surface area (Å²) >= 11 is 2.97. The molecular weight excluding hydrogens is 525 g/mol. The fourth-order valence-electron chi connectivity index (χ4n) is 4.21. The number of carbonyl (C=O) groups is 2. The van der Waals surface area contributed by atoms with Crippen molar-refractivity contribution in [2.45, 2.75) is 26.4 Å². The number of ether oxygens (including phenoxy) is 1. The van der Waals surface area contributed by atoms with Gasteiger partial charge in [-0.05, 0) is 54.8 Å². The van der Waals surface area contributed by atoms with E-state index in [1.165, 1.54) is 28.7 Å². The number of nitrogens with one attached hydrogen (secondary N) is 1. The number of anilines is 1. The first-order valence-electron chi connectivity index (χ1n) is 11.8. The zero-order valence-electron chi connectivity index (χ0n) is 20.8. The van der Waals surface area contributed by atoms with Crippen molar-refractivity contribution in [3.63, 3.8) is 0 Å². The molecule has 5 rings (SSSR count). The third-order valence-corrected chi connectivity index (χ3v) is 8.58. The number of carboxylic acid groups (broad SMARTS) is 1. The van der Waals surface area contributed by atoms with Crippen LogP contribution >= 0.6 is 22.7 Å². The largest absolute Gasteiger partial charge is 0.481 e. The predicted molar refractivity (Wildman–Crippen MR) is 148 cm³/mol. The molecule has 0 saturated carbocycles. The summed E-state index contributed by atoms with van der Waals surface area (Å²) in [5, 5.41) is 16.2. The molecule has 0 aliphatic heterocycles. The highest BCUT2D eigenvalue weighted by Crippen LogP contribution is 2.44. The van der Waals surface area contributed by atoms with Crippen molar-refractivity contribution in [1.29, 1.82) is 0 Å². The summed E-state index contributed by atoms with van der Waals surface area (Å²) in [6.45, 7) is 3.60. The number of fused-ring (bicyclic) bond motifs is 1. The number of hydrogen-bond acceptors (Lipinski definition) is 6. The fourth-order valence-corrected chi connectivity index (χ4v) is 6.64. The van der Waals surface area contributed by atoms with Gasteiger partial charge in [0.1, 0.15) is 17.7 Å². The topological polar surface area (TPSA) is 93.5 Å². The van der Waals surface area contributed by atoms with Crippen molar-refractivity contribution < 1.29 is 23.8 Å². The number of nitrogens with zero attached hydrogens (tertiary/aromatic N) is 2. The summed E-state index contributed by atoms with van der Waals surface area (Å²) < 4.78 is 24.0. The number of halogens is 1. The Balaban J connectivity index is 1.37. The van der Waals surface area contributed by atoms with Gasteiger partial charge in [0.25, 0.3) is 0 Å². The second-order valence-electron chi connectivity index (χ2n) is 8.89.